The maximum Gasteiger partial charge on any atom is 0.312 e. The first-order valence-electron chi connectivity index (χ1n) is 10.2. The molecule has 10 heteroatoms. The lowest BCUT2D eigenvalue weighted by Crippen LogP contribution is -2.65. The summed E-state index contributed by atoms with van der Waals surface area (Å²) in [5.41, 5.74) is 1.07. The topological polar surface area (TPSA) is 111 Å². The van der Waals surface area contributed by atoms with Gasteiger partial charge >= 0.3 is 11.8 Å². The molecule has 2 fully saturated rings. The van der Waals surface area contributed by atoms with E-state index in [1.54, 1.807) is 29.2 Å². The number of piperazine rings is 2. The summed E-state index contributed by atoms with van der Waals surface area (Å²) in [7, 11) is 0. The Bertz CT molecular complexity index is 1060. The maximum atomic E-state index is 13.1. The molecule has 32 heavy (non-hydrogen) atoms. The van der Waals surface area contributed by atoms with Crippen LogP contribution >= 0.6 is 0 Å². The molecule has 1 atom stereocenters. The predicted octanol–water partition coefficient (Wildman–Crippen LogP) is 0.659. The number of rotatable bonds is 5. The van der Waals surface area contributed by atoms with Gasteiger partial charge in [0, 0.05) is 31.9 Å². The summed E-state index contributed by atoms with van der Waals surface area (Å²) in [6.07, 6.45) is 0. The highest BCUT2D eigenvalue weighted by Crippen LogP contribution is 2.18. The third-order valence-corrected chi connectivity index (χ3v) is 5.44. The smallest absolute Gasteiger partial charge is 0.312 e. The molecule has 2 aromatic rings. The standard InChI is InChI=1S/C22H22FN5O4/c23-14-5-7-15(8-6-14)25-20(30)17-3-1-2-4-18(17)26-19(29)13-27-9-10-28-16(12-27)11-24-21(31)22(28)32/h1-8,16H,9-13H2,(H,24,31)(H,25,30)(H,26,29)/t16-/m1/s1. The number of amides is 4. The summed E-state index contributed by atoms with van der Waals surface area (Å²) in [6, 6.07) is 11.8. The first kappa shape index (κ1) is 21.4. The summed E-state index contributed by atoms with van der Waals surface area (Å²) in [6.45, 7) is 1.75. The lowest BCUT2D eigenvalue weighted by atomic mass is 10.1. The molecule has 2 heterocycles. The van der Waals surface area contributed by atoms with E-state index in [-0.39, 0.29) is 24.1 Å². The highest BCUT2D eigenvalue weighted by atomic mass is 19.1. The second kappa shape index (κ2) is 9.15. The summed E-state index contributed by atoms with van der Waals surface area (Å²) in [5.74, 6) is -2.27. The lowest BCUT2D eigenvalue weighted by molar-refractivity contribution is -0.152. The van der Waals surface area contributed by atoms with E-state index in [1.807, 2.05) is 4.90 Å². The van der Waals surface area contributed by atoms with E-state index in [9.17, 15) is 23.6 Å². The van der Waals surface area contributed by atoms with Gasteiger partial charge in [0.25, 0.3) is 5.91 Å². The molecular weight excluding hydrogens is 417 g/mol. The molecule has 0 radical (unpaired) electrons. The average molecular weight is 439 g/mol. The Morgan fingerprint density at radius 2 is 1.78 bits per heavy atom. The van der Waals surface area contributed by atoms with Gasteiger partial charge in [-0.3, -0.25) is 24.1 Å². The Labute approximate surface area is 183 Å². The molecule has 2 saturated heterocycles. The number of carbonyl (C=O) groups is 4. The number of fused-ring (bicyclic) bond motifs is 1. The number of para-hydroxylation sites is 1. The number of hydrogen-bond acceptors (Lipinski definition) is 5. The van der Waals surface area contributed by atoms with Gasteiger partial charge in [0.05, 0.1) is 23.8 Å². The molecule has 2 aromatic carbocycles. The van der Waals surface area contributed by atoms with Crippen LogP contribution in [0.25, 0.3) is 0 Å². The first-order valence-corrected chi connectivity index (χ1v) is 10.2. The third kappa shape index (κ3) is 4.75. The zero-order chi connectivity index (χ0) is 22.7. The summed E-state index contributed by atoms with van der Waals surface area (Å²) in [5, 5.41) is 8.01. The van der Waals surface area contributed by atoms with E-state index in [0.29, 0.717) is 37.6 Å². The zero-order valence-corrected chi connectivity index (χ0v) is 17.1. The molecule has 9 nitrogen and oxygen atoms in total. The van der Waals surface area contributed by atoms with Crippen LogP contribution in [0.3, 0.4) is 0 Å². The van der Waals surface area contributed by atoms with E-state index in [1.165, 1.54) is 24.3 Å². The van der Waals surface area contributed by atoms with Crippen molar-refractivity contribution >= 4 is 35.0 Å². The lowest BCUT2D eigenvalue weighted by Gasteiger charge is -2.43. The highest BCUT2D eigenvalue weighted by Gasteiger charge is 2.37. The SMILES string of the molecule is O=C(CN1CCN2C(=O)C(=O)NC[C@@H]2C1)Nc1ccccc1C(=O)Nc1ccc(F)cc1. The Morgan fingerprint density at radius 1 is 1.03 bits per heavy atom. The number of benzene rings is 2. The molecule has 2 aliphatic heterocycles. The molecule has 4 rings (SSSR count). The summed E-state index contributed by atoms with van der Waals surface area (Å²) < 4.78 is 13.1. The van der Waals surface area contributed by atoms with E-state index in [4.69, 9.17) is 0 Å². The van der Waals surface area contributed by atoms with Gasteiger partial charge in [-0.15, -0.1) is 0 Å². The van der Waals surface area contributed by atoms with E-state index < -0.39 is 23.5 Å². The average Bonchev–Trinajstić information content (AvgIpc) is 2.78. The van der Waals surface area contributed by atoms with Crippen molar-refractivity contribution in [1.82, 2.24) is 15.1 Å². The van der Waals surface area contributed by atoms with E-state index in [2.05, 4.69) is 16.0 Å². The van der Waals surface area contributed by atoms with Crippen molar-refractivity contribution in [3.63, 3.8) is 0 Å². The second-order valence-electron chi connectivity index (χ2n) is 7.65. The largest absolute Gasteiger partial charge is 0.346 e. The van der Waals surface area contributed by atoms with Crippen LogP contribution in [0.4, 0.5) is 15.8 Å². The fraction of sp³-hybridized carbons (Fsp3) is 0.273. The van der Waals surface area contributed by atoms with Crippen LogP contribution in [-0.2, 0) is 14.4 Å². The fourth-order valence-corrected chi connectivity index (χ4v) is 3.84. The number of anilines is 2. The fourth-order valence-electron chi connectivity index (χ4n) is 3.84. The molecule has 3 N–H and O–H groups in total. The quantitative estimate of drug-likeness (QED) is 0.593. The van der Waals surface area contributed by atoms with Gasteiger partial charge in [0.15, 0.2) is 0 Å². The minimum Gasteiger partial charge on any atom is -0.346 e. The molecule has 0 saturated carbocycles. The van der Waals surface area contributed by atoms with Crippen molar-refractivity contribution < 1.29 is 23.6 Å². The van der Waals surface area contributed by atoms with Gasteiger partial charge < -0.3 is 20.9 Å². The van der Waals surface area contributed by atoms with Crippen molar-refractivity contribution in [3.8, 4) is 0 Å². The third-order valence-electron chi connectivity index (χ3n) is 5.44. The van der Waals surface area contributed by atoms with Gasteiger partial charge in [-0.2, -0.15) is 0 Å². The molecule has 0 unspecified atom stereocenters. The van der Waals surface area contributed by atoms with Crippen molar-refractivity contribution in [1.29, 1.82) is 0 Å². The Hall–Kier alpha value is -3.79. The highest BCUT2D eigenvalue weighted by molar-refractivity contribution is 6.35. The monoisotopic (exact) mass is 439 g/mol. The molecule has 2 aliphatic rings. The van der Waals surface area contributed by atoms with Gasteiger partial charge in [-0.1, -0.05) is 12.1 Å². The van der Waals surface area contributed by atoms with Crippen LogP contribution in [0.5, 0.6) is 0 Å². The minimum atomic E-state index is -0.594. The second-order valence-corrected chi connectivity index (χ2v) is 7.65. The molecule has 166 valence electrons. The molecular formula is C22H22FN5O4. The Morgan fingerprint density at radius 3 is 2.56 bits per heavy atom. The van der Waals surface area contributed by atoms with Crippen molar-refractivity contribution in [2.24, 2.45) is 0 Å². The van der Waals surface area contributed by atoms with Crippen LogP contribution in [0.2, 0.25) is 0 Å². The normalized spacial score (nSPS) is 18.5. The number of nitrogens with zero attached hydrogens (tertiary/aromatic N) is 2. The molecule has 4 amide bonds. The van der Waals surface area contributed by atoms with E-state index in [0.717, 1.165) is 0 Å². The number of nitrogens with one attached hydrogen (secondary N) is 3. The van der Waals surface area contributed by atoms with Crippen LogP contribution in [-0.4, -0.2) is 72.2 Å². The summed E-state index contributed by atoms with van der Waals surface area (Å²) >= 11 is 0. The van der Waals surface area contributed by atoms with Crippen LogP contribution < -0.4 is 16.0 Å². The molecule has 0 aliphatic carbocycles. The van der Waals surface area contributed by atoms with E-state index >= 15 is 0 Å². The Kier molecular flexibility index (Phi) is 6.13. The zero-order valence-electron chi connectivity index (χ0n) is 17.1. The first-order chi connectivity index (χ1) is 15.4. The number of hydrogen-bond donors (Lipinski definition) is 3. The van der Waals surface area contributed by atoms with Crippen LogP contribution in [0.1, 0.15) is 10.4 Å². The van der Waals surface area contributed by atoms with Crippen molar-refractivity contribution in [3.05, 3.63) is 59.9 Å². The van der Waals surface area contributed by atoms with Gasteiger partial charge in [-0.05, 0) is 36.4 Å². The van der Waals surface area contributed by atoms with Gasteiger partial charge in [0.2, 0.25) is 5.91 Å². The van der Waals surface area contributed by atoms with Crippen molar-refractivity contribution in [2.45, 2.75) is 6.04 Å². The Balaban J connectivity index is 1.37. The maximum absolute atomic E-state index is 13.1. The number of halogens is 1. The molecule has 0 aromatic heterocycles. The summed E-state index contributed by atoms with van der Waals surface area (Å²) in [4.78, 5) is 52.2. The van der Waals surface area contributed by atoms with Crippen LogP contribution in [0.15, 0.2) is 48.5 Å². The molecule has 0 bridgehead atoms. The predicted molar refractivity (Wildman–Crippen MR) is 114 cm³/mol. The van der Waals surface area contributed by atoms with Crippen LogP contribution in [0, 0.1) is 5.82 Å². The van der Waals surface area contributed by atoms with Gasteiger partial charge in [0.1, 0.15) is 5.82 Å². The molecule has 0 spiro atoms. The number of carbonyl (C=O) groups excluding carboxylic acids is 4. The van der Waals surface area contributed by atoms with Crippen molar-refractivity contribution in [2.75, 3.05) is 43.4 Å². The minimum absolute atomic E-state index is 0.0837. The van der Waals surface area contributed by atoms with Gasteiger partial charge in [-0.25, -0.2) is 4.39 Å².